The van der Waals surface area contributed by atoms with E-state index in [2.05, 4.69) is 72.3 Å². The summed E-state index contributed by atoms with van der Waals surface area (Å²) < 4.78 is 0. The SMILES string of the molecule is CCc1cc(N2CCN(Cc3ccccc3)CC2)nc(SCc2ccc(C(=O)NCC(C)C)cc2)n1. The molecule has 1 aliphatic heterocycles. The molecule has 3 aromatic rings. The Balaban J connectivity index is 1.33. The molecule has 1 N–H and O–H groups in total. The van der Waals surface area contributed by atoms with Gasteiger partial charge in [-0.1, -0.05) is 75.0 Å². The van der Waals surface area contributed by atoms with E-state index < -0.39 is 0 Å². The average Bonchev–Trinajstić information content (AvgIpc) is 2.91. The summed E-state index contributed by atoms with van der Waals surface area (Å²) in [6.45, 7) is 12.0. The number of nitrogens with one attached hydrogen (secondary N) is 1. The number of hydrogen-bond acceptors (Lipinski definition) is 6. The molecular weight excluding hydrogens is 466 g/mol. The maximum absolute atomic E-state index is 12.3. The average molecular weight is 504 g/mol. The maximum atomic E-state index is 12.3. The van der Waals surface area contributed by atoms with Crippen molar-refractivity contribution in [2.24, 2.45) is 5.92 Å². The topological polar surface area (TPSA) is 61.4 Å². The molecule has 6 nitrogen and oxygen atoms in total. The highest BCUT2D eigenvalue weighted by atomic mass is 32.2. The van der Waals surface area contributed by atoms with Crippen LogP contribution in [0.5, 0.6) is 0 Å². The van der Waals surface area contributed by atoms with Crippen LogP contribution in [-0.2, 0) is 18.7 Å². The van der Waals surface area contributed by atoms with Crippen molar-refractivity contribution in [2.75, 3.05) is 37.6 Å². The number of rotatable bonds is 10. The number of nitrogens with zero attached hydrogens (tertiary/aromatic N) is 4. The second kappa shape index (κ2) is 12.9. The van der Waals surface area contributed by atoms with Crippen molar-refractivity contribution in [1.82, 2.24) is 20.2 Å². The first-order valence-electron chi connectivity index (χ1n) is 12.9. The fourth-order valence-electron chi connectivity index (χ4n) is 4.14. The lowest BCUT2D eigenvalue weighted by Gasteiger charge is -2.35. The van der Waals surface area contributed by atoms with Gasteiger partial charge in [-0.2, -0.15) is 0 Å². The standard InChI is InChI=1S/C29H37N5OS/c1-4-26-18-27(34-16-14-33(15-17-34)20-23-8-6-5-7-9-23)32-29(31-26)36-21-24-10-12-25(13-11-24)28(35)30-19-22(2)3/h5-13,18,22H,4,14-17,19-21H2,1-3H3,(H,30,35). The number of hydrogen-bond donors (Lipinski definition) is 1. The summed E-state index contributed by atoms with van der Waals surface area (Å²) in [7, 11) is 0. The van der Waals surface area contributed by atoms with Crippen molar-refractivity contribution < 1.29 is 4.79 Å². The zero-order valence-corrected chi connectivity index (χ0v) is 22.4. The van der Waals surface area contributed by atoms with E-state index >= 15 is 0 Å². The van der Waals surface area contributed by atoms with Crippen molar-refractivity contribution in [1.29, 1.82) is 0 Å². The van der Waals surface area contributed by atoms with Gasteiger partial charge >= 0.3 is 0 Å². The summed E-state index contributed by atoms with van der Waals surface area (Å²) in [4.78, 5) is 26.8. The minimum Gasteiger partial charge on any atom is -0.354 e. The zero-order chi connectivity index (χ0) is 25.3. The second-order valence-electron chi connectivity index (χ2n) is 9.69. The van der Waals surface area contributed by atoms with E-state index in [9.17, 15) is 4.79 Å². The maximum Gasteiger partial charge on any atom is 0.251 e. The van der Waals surface area contributed by atoms with Crippen LogP contribution >= 0.6 is 11.8 Å². The smallest absolute Gasteiger partial charge is 0.251 e. The molecule has 0 bridgehead atoms. The Morgan fingerprint density at radius 1 is 0.972 bits per heavy atom. The van der Waals surface area contributed by atoms with Crippen LogP contribution in [0.25, 0.3) is 0 Å². The fourth-order valence-corrected chi connectivity index (χ4v) is 4.97. The third-order valence-corrected chi connectivity index (χ3v) is 7.23. The van der Waals surface area contributed by atoms with E-state index in [1.165, 1.54) is 5.56 Å². The number of aromatic nitrogens is 2. The van der Waals surface area contributed by atoms with Gasteiger partial charge in [0.15, 0.2) is 5.16 Å². The minimum atomic E-state index is -0.0182. The minimum absolute atomic E-state index is 0.0182. The number of thioether (sulfide) groups is 1. The number of benzene rings is 2. The molecule has 4 rings (SSSR count). The number of aryl methyl sites for hydroxylation is 1. The van der Waals surface area contributed by atoms with Crippen molar-refractivity contribution >= 4 is 23.5 Å². The summed E-state index contributed by atoms with van der Waals surface area (Å²) in [5.74, 6) is 2.22. The van der Waals surface area contributed by atoms with Crippen molar-refractivity contribution in [3.8, 4) is 0 Å². The van der Waals surface area contributed by atoms with Gasteiger partial charge in [-0.15, -0.1) is 0 Å². The van der Waals surface area contributed by atoms with Gasteiger partial charge in [0.1, 0.15) is 5.82 Å². The Morgan fingerprint density at radius 3 is 2.36 bits per heavy atom. The molecule has 0 saturated carbocycles. The summed E-state index contributed by atoms with van der Waals surface area (Å²) in [6.07, 6.45) is 0.886. The Labute approximate surface area is 219 Å². The summed E-state index contributed by atoms with van der Waals surface area (Å²) in [5.41, 5.74) is 4.29. The molecule has 2 heterocycles. The Kier molecular flexibility index (Phi) is 9.36. The molecular formula is C29H37N5OS. The van der Waals surface area contributed by atoms with Gasteiger partial charge in [-0.3, -0.25) is 9.69 Å². The normalized spacial score (nSPS) is 14.3. The van der Waals surface area contributed by atoms with E-state index in [-0.39, 0.29) is 5.91 Å². The van der Waals surface area contributed by atoms with Gasteiger partial charge in [-0.25, -0.2) is 9.97 Å². The molecule has 1 amide bonds. The van der Waals surface area contributed by atoms with E-state index in [1.54, 1.807) is 11.8 Å². The van der Waals surface area contributed by atoms with Crippen LogP contribution < -0.4 is 10.2 Å². The predicted molar refractivity (Wildman–Crippen MR) is 149 cm³/mol. The van der Waals surface area contributed by atoms with Crippen molar-refractivity contribution in [3.63, 3.8) is 0 Å². The van der Waals surface area contributed by atoms with Crippen LogP contribution in [0.4, 0.5) is 5.82 Å². The lowest BCUT2D eigenvalue weighted by molar-refractivity contribution is 0.0949. The number of carbonyl (C=O) groups is 1. The first kappa shape index (κ1) is 26.2. The first-order valence-corrected chi connectivity index (χ1v) is 13.9. The zero-order valence-electron chi connectivity index (χ0n) is 21.6. The van der Waals surface area contributed by atoms with E-state index in [0.29, 0.717) is 18.0 Å². The highest BCUT2D eigenvalue weighted by molar-refractivity contribution is 7.98. The van der Waals surface area contributed by atoms with Crippen LogP contribution in [-0.4, -0.2) is 53.5 Å². The number of carbonyl (C=O) groups excluding carboxylic acids is 1. The molecule has 0 atom stereocenters. The highest BCUT2D eigenvalue weighted by Crippen LogP contribution is 2.24. The van der Waals surface area contributed by atoms with Crippen LogP contribution in [0.1, 0.15) is 48.0 Å². The van der Waals surface area contributed by atoms with Gasteiger partial charge in [0, 0.05) is 62.3 Å². The van der Waals surface area contributed by atoms with E-state index in [1.807, 2.05) is 24.3 Å². The molecule has 0 spiro atoms. The van der Waals surface area contributed by atoms with E-state index in [0.717, 1.165) is 67.1 Å². The third kappa shape index (κ3) is 7.55. The molecule has 1 fully saturated rings. The van der Waals surface area contributed by atoms with E-state index in [4.69, 9.17) is 9.97 Å². The highest BCUT2D eigenvalue weighted by Gasteiger charge is 2.19. The van der Waals surface area contributed by atoms with Gasteiger partial charge in [-0.05, 0) is 35.6 Å². The molecule has 1 aromatic heterocycles. The van der Waals surface area contributed by atoms with Gasteiger partial charge < -0.3 is 10.2 Å². The molecule has 1 saturated heterocycles. The monoisotopic (exact) mass is 503 g/mol. The fraction of sp³-hybridized carbons (Fsp3) is 0.414. The summed E-state index contributed by atoms with van der Waals surface area (Å²) in [6, 6.07) is 20.7. The molecule has 1 aliphatic rings. The van der Waals surface area contributed by atoms with Crippen LogP contribution in [0.15, 0.2) is 65.8 Å². The molecule has 2 aromatic carbocycles. The molecule has 190 valence electrons. The predicted octanol–water partition coefficient (Wildman–Crippen LogP) is 5.04. The third-order valence-electron chi connectivity index (χ3n) is 6.31. The molecule has 0 aliphatic carbocycles. The molecule has 0 unspecified atom stereocenters. The lowest BCUT2D eigenvalue weighted by Crippen LogP contribution is -2.46. The molecule has 36 heavy (non-hydrogen) atoms. The first-order chi connectivity index (χ1) is 17.5. The summed E-state index contributed by atoms with van der Waals surface area (Å²) >= 11 is 1.65. The number of amides is 1. The number of piperazine rings is 1. The Morgan fingerprint density at radius 2 is 1.69 bits per heavy atom. The molecule has 0 radical (unpaired) electrons. The van der Waals surface area contributed by atoms with Crippen molar-refractivity contribution in [2.45, 2.75) is 44.6 Å². The van der Waals surface area contributed by atoms with Gasteiger partial charge in [0.2, 0.25) is 0 Å². The van der Waals surface area contributed by atoms with Gasteiger partial charge in [0.05, 0.1) is 0 Å². The van der Waals surface area contributed by atoms with Crippen molar-refractivity contribution in [3.05, 3.63) is 83.0 Å². The lowest BCUT2D eigenvalue weighted by atomic mass is 10.1. The van der Waals surface area contributed by atoms with Crippen LogP contribution in [0.2, 0.25) is 0 Å². The summed E-state index contributed by atoms with van der Waals surface area (Å²) in [5, 5.41) is 3.78. The second-order valence-corrected chi connectivity index (χ2v) is 10.6. The van der Waals surface area contributed by atoms with Gasteiger partial charge in [0.25, 0.3) is 5.91 Å². The van der Waals surface area contributed by atoms with Crippen LogP contribution in [0, 0.1) is 5.92 Å². The Hall–Kier alpha value is -2.90. The molecule has 7 heteroatoms. The van der Waals surface area contributed by atoms with Crippen LogP contribution in [0.3, 0.4) is 0 Å². The quantitative estimate of drug-likeness (QED) is 0.309. The Bertz CT molecular complexity index is 1110. The number of anilines is 1. The largest absolute Gasteiger partial charge is 0.354 e.